The standard InChI is InChI=1S/C14H19N5O11P2/c1-14(22)10(21)7(4-28-32(26,27)30-31(23,24)25)29-13(14)19-3-6-9-11(15-2-8(20)18-6)16-5-17-12(9)19/h3,5,7,10,13,21-22H,2,4H2,1H3,(H,18,20)(H,26,27)(H,15,16,17)(H2,23,24,25)/t7-,10-,13-,14-/m1/s1. The van der Waals surface area contributed by atoms with Gasteiger partial charge in [-0.25, -0.2) is 19.1 Å². The SMILES string of the molecule is C[C@@]1(O)[C@H](O)[C@@H](COP(=O)(O)OP(=O)(O)O)O[C@H]1n1cc2c3c(ncnc31)NCC(=O)N2. The lowest BCUT2D eigenvalue weighted by atomic mass is 9.96. The first kappa shape index (κ1) is 23.2. The molecule has 0 aliphatic carbocycles. The molecule has 2 aliphatic heterocycles. The van der Waals surface area contributed by atoms with Gasteiger partial charge in [0.25, 0.3) is 0 Å². The first-order chi connectivity index (χ1) is 14.8. The molecule has 5 atom stereocenters. The second kappa shape index (κ2) is 7.81. The van der Waals surface area contributed by atoms with Crippen molar-refractivity contribution in [2.75, 3.05) is 23.8 Å². The highest BCUT2D eigenvalue weighted by molar-refractivity contribution is 7.60. The number of phosphoric ester groups is 1. The molecule has 1 amide bonds. The molecule has 2 aromatic heterocycles. The summed E-state index contributed by atoms with van der Waals surface area (Å²) in [6, 6.07) is 0. The summed E-state index contributed by atoms with van der Waals surface area (Å²) in [4.78, 5) is 47.0. The molecule has 18 heteroatoms. The van der Waals surface area contributed by atoms with Gasteiger partial charge in [0.15, 0.2) is 6.23 Å². The lowest BCUT2D eigenvalue weighted by Gasteiger charge is -2.27. The summed E-state index contributed by atoms with van der Waals surface area (Å²) >= 11 is 0. The number of carbonyl (C=O) groups is 1. The molecule has 4 heterocycles. The minimum Gasteiger partial charge on any atom is -0.387 e. The maximum atomic E-state index is 11.9. The van der Waals surface area contributed by atoms with Crippen LogP contribution in [0.25, 0.3) is 11.0 Å². The maximum Gasteiger partial charge on any atom is 0.481 e. The van der Waals surface area contributed by atoms with Crippen molar-refractivity contribution in [3.63, 3.8) is 0 Å². The highest BCUT2D eigenvalue weighted by Gasteiger charge is 2.54. The van der Waals surface area contributed by atoms with Crippen LogP contribution in [-0.4, -0.2) is 76.3 Å². The number of nitrogens with zero attached hydrogens (tertiary/aromatic N) is 3. The molecular formula is C14H19N5O11P2. The fourth-order valence-electron chi connectivity index (χ4n) is 3.55. The van der Waals surface area contributed by atoms with E-state index in [9.17, 15) is 29.0 Å². The number of anilines is 2. The molecule has 7 N–H and O–H groups in total. The van der Waals surface area contributed by atoms with E-state index in [2.05, 4.69) is 29.4 Å². The normalized spacial score (nSPS) is 29.9. The molecule has 1 fully saturated rings. The topological polar surface area (TPSA) is 235 Å². The van der Waals surface area contributed by atoms with Crippen LogP contribution in [0.2, 0.25) is 0 Å². The van der Waals surface area contributed by atoms with Gasteiger partial charge in [-0.15, -0.1) is 0 Å². The van der Waals surface area contributed by atoms with Crippen LogP contribution in [0.15, 0.2) is 12.5 Å². The number of phosphoric acid groups is 2. The molecular weight excluding hydrogens is 476 g/mol. The summed E-state index contributed by atoms with van der Waals surface area (Å²) in [7, 11) is -10.5. The summed E-state index contributed by atoms with van der Waals surface area (Å²) in [6.07, 6.45) is -1.72. The predicted molar refractivity (Wildman–Crippen MR) is 104 cm³/mol. The van der Waals surface area contributed by atoms with Crippen molar-refractivity contribution in [2.45, 2.75) is 31.0 Å². The Morgan fingerprint density at radius 3 is 2.75 bits per heavy atom. The molecule has 0 saturated carbocycles. The lowest BCUT2D eigenvalue weighted by molar-refractivity contribution is -0.114. The Bertz CT molecular complexity index is 1160. The maximum absolute atomic E-state index is 11.9. The van der Waals surface area contributed by atoms with Crippen LogP contribution in [-0.2, 0) is 27.5 Å². The quantitative estimate of drug-likeness (QED) is 0.239. The highest BCUT2D eigenvalue weighted by Crippen LogP contribution is 2.58. The highest BCUT2D eigenvalue weighted by atomic mass is 31.3. The van der Waals surface area contributed by atoms with Crippen LogP contribution < -0.4 is 10.6 Å². The summed E-state index contributed by atoms with van der Waals surface area (Å²) in [5.74, 6) is 0.00666. The zero-order valence-electron chi connectivity index (χ0n) is 16.2. The Morgan fingerprint density at radius 2 is 2.06 bits per heavy atom. The first-order valence-corrected chi connectivity index (χ1v) is 12.0. The van der Waals surface area contributed by atoms with E-state index in [1.165, 1.54) is 24.0 Å². The second-order valence-electron chi connectivity index (χ2n) is 7.31. The average molecular weight is 495 g/mol. The third-order valence-corrected chi connectivity index (χ3v) is 7.07. The van der Waals surface area contributed by atoms with Gasteiger partial charge in [-0.1, -0.05) is 0 Å². The van der Waals surface area contributed by atoms with E-state index in [-0.39, 0.29) is 18.1 Å². The number of amides is 1. The molecule has 32 heavy (non-hydrogen) atoms. The fourth-order valence-corrected chi connectivity index (χ4v) is 5.15. The average Bonchev–Trinajstić information content (AvgIpc) is 3.05. The largest absolute Gasteiger partial charge is 0.481 e. The summed E-state index contributed by atoms with van der Waals surface area (Å²) in [6.45, 7) is 0.365. The van der Waals surface area contributed by atoms with E-state index in [0.717, 1.165) is 0 Å². The van der Waals surface area contributed by atoms with Crippen LogP contribution in [0.3, 0.4) is 0 Å². The van der Waals surface area contributed by atoms with Crippen molar-refractivity contribution < 1.29 is 52.4 Å². The van der Waals surface area contributed by atoms with E-state index in [0.29, 0.717) is 16.9 Å². The number of rotatable bonds is 6. The summed E-state index contributed by atoms with van der Waals surface area (Å²) in [5.41, 5.74) is -1.40. The molecule has 176 valence electrons. The molecule has 0 bridgehead atoms. The summed E-state index contributed by atoms with van der Waals surface area (Å²) < 4.78 is 37.6. The number of aliphatic hydroxyl groups is 2. The van der Waals surface area contributed by atoms with Gasteiger partial charge in [-0.2, -0.15) is 4.31 Å². The van der Waals surface area contributed by atoms with Gasteiger partial charge < -0.3 is 44.8 Å². The number of nitrogens with one attached hydrogen (secondary N) is 2. The van der Waals surface area contributed by atoms with Crippen LogP contribution >= 0.6 is 15.6 Å². The monoisotopic (exact) mass is 495 g/mol. The zero-order valence-corrected chi connectivity index (χ0v) is 18.0. The van der Waals surface area contributed by atoms with Gasteiger partial charge >= 0.3 is 15.6 Å². The Balaban J connectivity index is 1.63. The fraction of sp³-hybridized carbons (Fsp3) is 0.500. The Kier molecular flexibility index (Phi) is 5.66. The van der Waals surface area contributed by atoms with Crippen LogP contribution in [0.4, 0.5) is 11.5 Å². The smallest absolute Gasteiger partial charge is 0.387 e. The Hall–Kier alpha value is -1.97. The van der Waals surface area contributed by atoms with Crippen molar-refractivity contribution in [1.82, 2.24) is 14.5 Å². The molecule has 2 aliphatic rings. The van der Waals surface area contributed by atoms with Crippen molar-refractivity contribution in [2.24, 2.45) is 0 Å². The van der Waals surface area contributed by atoms with Crippen molar-refractivity contribution in [3.8, 4) is 0 Å². The zero-order chi connectivity index (χ0) is 23.5. The van der Waals surface area contributed by atoms with Gasteiger partial charge in [-0.3, -0.25) is 9.32 Å². The predicted octanol–water partition coefficient (Wildman–Crippen LogP) is -0.969. The van der Waals surface area contributed by atoms with E-state index in [1.54, 1.807) is 0 Å². The Labute approximate surface area is 179 Å². The lowest BCUT2D eigenvalue weighted by Crippen LogP contribution is -2.44. The number of aromatic nitrogens is 3. The van der Waals surface area contributed by atoms with Crippen LogP contribution in [0.1, 0.15) is 13.2 Å². The van der Waals surface area contributed by atoms with E-state index >= 15 is 0 Å². The van der Waals surface area contributed by atoms with E-state index in [1.807, 2.05) is 0 Å². The molecule has 2 aromatic rings. The van der Waals surface area contributed by atoms with Crippen molar-refractivity contribution in [3.05, 3.63) is 12.5 Å². The molecule has 4 rings (SSSR count). The Morgan fingerprint density at radius 1 is 1.34 bits per heavy atom. The number of hydrogen-bond donors (Lipinski definition) is 7. The van der Waals surface area contributed by atoms with E-state index < -0.39 is 46.3 Å². The van der Waals surface area contributed by atoms with Crippen molar-refractivity contribution >= 4 is 44.1 Å². The number of ether oxygens (including phenoxy) is 1. The third-order valence-electron chi connectivity index (χ3n) is 4.92. The minimum atomic E-state index is -5.33. The van der Waals surface area contributed by atoms with Gasteiger partial charge in [0.2, 0.25) is 5.91 Å². The second-order valence-corrected chi connectivity index (χ2v) is 10.1. The number of hydrogen-bond acceptors (Lipinski definition) is 11. The minimum absolute atomic E-state index is 0.0194. The van der Waals surface area contributed by atoms with Crippen LogP contribution in [0.5, 0.6) is 0 Å². The molecule has 0 spiro atoms. The van der Waals surface area contributed by atoms with Gasteiger partial charge in [0.05, 0.1) is 24.2 Å². The molecule has 1 saturated heterocycles. The van der Waals surface area contributed by atoms with Gasteiger partial charge in [0, 0.05) is 6.20 Å². The molecule has 0 radical (unpaired) electrons. The number of carbonyl (C=O) groups excluding carboxylic acids is 1. The van der Waals surface area contributed by atoms with Gasteiger partial charge in [-0.05, 0) is 6.92 Å². The molecule has 16 nitrogen and oxygen atoms in total. The molecule has 0 aromatic carbocycles. The van der Waals surface area contributed by atoms with Gasteiger partial charge in [0.1, 0.15) is 35.6 Å². The third kappa shape index (κ3) is 4.30. The first-order valence-electron chi connectivity index (χ1n) is 8.98. The molecule has 1 unspecified atom stereocenters. The number of aliphatic hydroxyl groups excluding tert-OH is 1. The van der Waals surface area contributed by atoms with Crippen molar-refractivity contribution in [1.29, 1.82) is 0 Å². The van der Waals surface area contributed by atoms with E-state index in [4.69, 9.17) is 14.5 Å². The van der Waals surface area contributed by atoms with Crippen LogP contribution in [0, 0.1) is 0 Å². The summed E-state index contributed by atoms with van der Waals surface area (Å²) in [5, 5.41) is 27.4.